The lowest BCUT2D eigenvalue weighted by molar-refractivity contribution is -0.134. The fourth-order valence-electron chi connectivity index (χ4n) is 3.28. The molecular weight excluding hydrogens is 322 g/mol. The number of rotatable bonds is 3. The summed E-state index contributed by atoms with van der Waals surface area (Å²) >= 11 is 0. The Kier molecular flexibility index (Phi) is 5.21. The first-order valence-corrected chi connectivity index (χ1v) is 8.60. The van der Waals surface area contributed by atoms with Crippen LogP contribution in [0.3, 0.4) is 0 Å². The van der Waals surface area contributed by atoms with Crippen molar-refractivity contribution in [2.75, 3.05) is 33.3 Å². The van der Waals surface area contributed by atoms with E-state index in [1.54, 1.807) is 41.2 Å². The molecule has 7 heteroatoms. The summed E-state index contributed by atoms with van der Waals surface area (Å²) in [4.78, 5) is 40.0. The van der Waals surface area contributed by atoms with Crippen LogP contribution in [0.15, 0.2) is 24.3 Å². The monoisotopic (exact) mass is 345 g/mol. The minimum absolute atomic E-state index is 0.0360. The molecule has 3 amide bonds. The van der Waals surface area contributed by atoms with Gasteiger partial charge in [0.2, 0.25) is 11.8 Å². The fourth-order valence-corrected chi connectivity index (χ4v) is 3.28. The molecule has 0 aromatic heterocycles. The Bertz CT molecular complexity index is 659. The molecule has 2 fully saturated rings. The molecule has 25 heavy (non-hydrogen) atoms. The predicted molar refractivity (Wildman–Crippen MR) is 91.3 cm³/mol. The average molecular weight is 345 g/mol. The summed E-state index contributed by atoms with van der Waals surface area (Å²) in [7, 11) is 1.59. The van der Waals surface area contributed by atoms with Crippen LogP contribution in [0.2, 0.25) is 0 Å². The first kappa shape index (κ1) is 17.3. The molecule has 134 valence electrons. The number of hydrogen-bond donors (Lipinski definition) is 1. The topological polar surface area (TPSA) is 79.0 Å². The summed E-state index contributed by atoms with van der Waals surface area (Å²) in [6.07, 6.45) is 1.70. The lowest BCUT2D eigenvalue weighted by atomic mass is 10.2. The van der Waals surface area contributed by atoms with Gasteiger partial charge in [0.05, 0.1) is 7.11 Å². The van der Waals surface area contributed by atoms with Crippen molar-refractivity contribution in [3.8, 4) is 5.75 Å². The van der Waals surface area contributed by atoms with E-state index >= 15 is 0 Å². The standard InChI is InChI=1S/C18H23N3O4/c1-25-14-5-3-13(4-6-14)17(23)20-9-2-10-21(12-11-20)18(24)15-7-8-16(22)19-15/h3-6,15H,2,7-12H2,1H3,(H,19,22). The van der Waals surface area contributed by atoms with Crippen molar-refractivity contribution in [1.82, 2.24) is 15.1 Å². The lowest BCUT2D eigenvalue weighted by Crippen LogP contribution is -2.46. The van der Waals surface area contributed by atoms with E-state index in [-0.39, 0.29) is 17.7 Å². The zero-order valence-corrected chi connectivity index (χ0v) is 14.4. The number of carbonyl (C=O) groups is 3. The lowest BCUT2D eigenvalue weighted by Gasteiger charge is -2.24. The second-order valence-corrected chi connectivity index (χ2v) is 6.36. The first-order valence-electron chi connectivity index (χ1n) is 8.60. The van der Waals surface area contributed by atoms with Crippen LogP contribution in [0.1, 0.15) is 29.6 Å². The van der Waals surface area contributed by atoms with Crippen molar-refractivity contribution in [2.24, 2.45) is 0 Å². The highest BCUT2D eigenvalue weighted by atomic mass is 16.5. The van der Waals surface area contributed by atoms with E-state index in [2.05, 4.69) is 5.32 Å². The maximum absolute atomic E-state index is 12.7. The second-order valence-electron chi connectivity index (χ2n) is 6.36. The van der Waals surface area contributed by atoms with E-state index in [0.29, 0.717) is 50.3 Å². The highest BCUT2D eigenvalue weighted by Gasteiger charge is 2.32. The van der Waals surface area contributed by atoms with Crippen LogP contribution in [0.25, 0.3) is 0 Å². The van der Waals surface area contributed by atoms with Gasteiger partial charge in [-0.25, -0.2) is 0 Å². The van der Waals surface area contributed by atoms with Crippen molar-refractivity contribution < 1.29 is 19.1 Å². The van der Waals surface area contributed by atoms with E-state index in [9.17, 15) is 14.4 Å². The highest BCUT2D eigenvalue weighted by Crippen LogP contribution is 2.16. The van der Waals surface area contributed by atoms with Gasteiger partial charge in [-0.2, -0.15) is 0 Å². The summed E-state index contributed by atoms with van der Waals surface area (Å²) < 4.78 is 5.11. The number of carbonyl (C=O) groups excluding carboxylic acids is 3. The number of amides is 3. The van der Waals surface area contributed by atoms with Crippen LogP contribution in [0.4, 0.5) is 0 Å². The number of ether oxygens (including phenoxy) is 1. The largest absolute Gasteiger partial charge is 0.497 e. The van der Waals surface area contributed by atoms with Crippen molar-refractivity contribution in [3.05, 3.63) is 29.8 Å². The number of methoxy groups -OCH3 is 1. The van der Waals surface area contributed by atoms with E-state index in [1.807, 2.05) is 0 Å². The zero-order valence-electron chi connectivity index (χ0n) is 14.4. The molecule has 2 aliphatic rings. The fraction of sp³-hybridized carbons (Fsp3) is 0.500. The van der Waals surface area contributed by atoms with Crippen LogP contribution in [-0.2, 0) is 9.59 Å². The normalized spacial score (nSPS) is 20.8. The Morgan fingerprint density at radius 2 is 1.76 bits per heavy atom. The molecule has 0 saturated carbocycles. The Hall–Kier alpha value is -2.57. The smallest absolute Gasteiger partial charge is 0.253 e. The van der Waals surface area contributed by atoms with Crippen LogP contribution < -0.4 is 10.1 Å². The SMILES string of the molecule is COc1ccc(C(=O)N2CCCN(C(=O)C3CCC(=O)N3)CC2)cc1. The molecule has 0 spiro atoms. The van der Waals surface area contributed by atoms with E-state index < -0.39 is 6.04 Å². The molecule has 0 radical (unpaired) electrons. The van der Waals surface area contributed by atoms with Gasteiger partial charge in [0.1, 0.15) is 11.8 Å². The number of benzene rings is 1. The minimum Gasteiger partial charge on any atom is -0.497 e. The van der Waals surface area contributed by atoms with Crippen LogP contribution in [0, 0.1) is 0 Å². The molecule has 1 atom stereocenters. The maximum Gasteiger partial charge on any atom is 0.253 e. The molecule has 1 N–H and O–H groups in total. The number of nitrogens with one attached hydrogen (secondary N) is 1. The number of nitrogens with zero attached hydrogens (tertiary/aromatic N) is 2. The Morgan fingerprint density at radius 1 is 1.08 bits per heavy atom. The zero-order chi connectivity index (χ0) is 17.8. The molecule has 1 unspecified atom stereocenters. The van der Waals surface area contributed by atoms with Crippen LogP contribution >= 0.6 is 0 Å². The molecule has 2 aliphatic heterocycles. The summed E-state index contributed by atoms with van der Waals surface area (Å²) in [6, 6.07) is 6.63. The molecule has 2 saturated heterocycles. The maximum atomic E-state index is 12.7. The molecular formula is C18H23N3O4. The Labute approximate surface area is 146 Å². The highest BCUT2D eigenvalue weighted by molar-refractivity contribution is 5.94. The third-order valence-electron chi connectivity index (χ3n) is 4.73. The molecule has 2 heterocycles. The molecule has 3 rings (SSSR count). The van der Waals surface area contributed by atoms with Crippen LogP contribution in [-0.4, -0.2) is 66.9 Å². The van der Waals surface area contributed by atoms with Crippen molar-refractivity contribution >= 4 is 17.7 Å². The van der Waals surface area contributed by atoms with Crippen molar-refractivity contribution in [2.45, 2.75) is 25.3 Å². The van der Waals surface area contributed by atoms with E-state index in [4.69, 9.17) is 4.74 Å². The average Bonchev–Trinajstić information content (AvgIpc) is 2.93. The van der Waals surface area contributed by atoms with E-state index in [0.717, 1.165) is 6.42 Å². The summed E-state index contributed by atoms with van der Waals surface area (Å²) in [5.41, 5.74) is 0.614. The second kappa shape index (κ2) is 7.55. The molecule has 1 aromatic rings. The van der Waals surface area contributed by atoms with Gasteiger partial charge in [-0.05, 0) is 37.1 Å². The molecule has 7 nitrogen and oxygen atoms in total. The quantitative estimate of drug-likeness (QED) is 0.872. The van der Waals surface area contributed by atoms with Gasteiger partial charge >= 0.3 is 0 Å². The van der Waals surface area contributed by atoms with Gasteiger partial charge in [0, 0.05) is 38.2 Å². The molecule has 0 bridgehead atoms. The third kappa shape index (κ3) is 3.92. The van der Waals surface area contributed by atoms with E-state index in [1.165, 1.54) is 0 Å². The predicted octanol–water partition coefficient (Wildman–Crippen LogP) is 0.648. The van der Waals surface area contributed by atoms with Gasteiger partial charge in [0.15, 0.2) is 0 Å². The van der Waals surface area contributed by atoms with Crippen LogP contribution in [0.5, 0.6) is 5.75 Å². The van der Waals surface area contributed by atoms with Gasteiger partial charge in [-0.15, -0.1) is 0 Å². The minimum atomic E-state index is -0.406. The van der Waals surface area contributed by atoms with Crippen molar-refractivity contribution in [3.63, 3.8) is 0 Å². The summed E-state index contributed by atoms with van der Waals surface area (Å²) in [5, 5.41) is 2.72. The Morgan fingerprint density at radius 3 is 2.40 bits per heavy atom. The summed E-state index contributed by atoms with van der Waals surface area (Å²) in [6.45, 7) is 2.22. The van der Waals surface area contributed by atoms with Gasteiger partial charge in [-0.3, -0.25) is 14.4 Å². The van der Waals surface area contributed by atoms with Crippen molar-refractivity contribution in [1.29, 1.82) is 0 Å². The molecule has 1 aromatic carbocycles. The number of hydrogen-bond acceptors (Lipinski definition) is 4. The first-order chi connectivity index (χ1) is 12.1. The van der Waals surface area contributed by atoms with Gasteiger partial charge in [0.25, 0.3) is 5.91 Å². The van der Waals surface area contributed by atoms with Gasteiger partial charge < -0.3 is 19.9 Å². The molecule has 0 aliphatic carbocycles. The third-order valence-corrected chi connectivity index (χ3v) is 4.73. The summed E-state index contributed by atoms with van der Waals surface area (Å²) in [5.74, 6) is 0.572. The van der Waals surface area contributed by atoms with Gasteiger partial charge in [-0.1, -0.05) is 0 Å². The Balaban J connectivity index is 1.59.